The van der Waals surface area contributed by atoms with Crippen LogP contribution in [0.2, 0.25) is 0 Å². The molecule has 1 atom stereocenters. The van der Waals surface area contributed by atoms with Gasteiger partial charge in [0, 0.05) is 5.56 Å². The fraction of sp³-hybridized carbons (Fsp3) is 0.111. The predicted octanol–water partition coefficient (Wildman–Crippen LogP) is -0.911. The fourth-order valence-electron chi connectivity index (χ4n) is 0.967. The van der Waals surface area contributed by atoms with E-state index < -0.39 is 6.04 Å². The molecule has 1 rings (SSSR count). The summed E-state index contributed by atoms with van der Waals surface area (Å²) < 4.78 is 0. The topological polar surface area (TPSA) is 60.2 Å². The van der Waals surface area contributed by atoms with Crippen LogP contribution in [0.25, 0.3) is 0 Å². The van der Waals surface area contributed by atoms with E-state index in [9.17, 15) is 9.59 Å². The fourth-order valence-corrected chi connectivity index (χ4v) is 1.23. The summed E-state index contributed by atoms with van der Waals surface area (Å²) in [6.45, 7) is 0. The first-order chi connectivity index (χ1) is 6.13. The average molecular weight is 193 g/mol. The molecule has 0 amide bonds. The molecule has 0 heterocycles. The quantitative estimate of drug-likeness (QED) is 0.384. The van der Waals surface area contributed by atoms with Crippen LogP contribution in [0.1, 0.15) is 10.4 Å². The minimum Gasteiger partial charge on any atom is -0.315 e. The summed E-state index contributed by atoms with van der Waals surface area (Å²) in [6.07, 6.45) is 0. The van der Waals surface area contributed by atoms with Gasteiger partial charge in [-0.05, 0) is 0 Å². The molecule has 3 nitrogen and oxygen atoms in total. The molecule has 0 radical (unpaired) electrons. The molecule has 0 bridgehead atoms. The maximum atomic E-state index is 11.5. The van der Waals surface area contributed by atoms with Crippen molar-refractivity contribution in [1.82, 2.24) is 0 Å². The zero-order chi connectivity index (χ0) is 9.84. The zero-order valence-corrected chi connectivity index (χ0v) is 9.36. The summed E-state index contributed by atoms with van der Waals surface area (Å²) in [5, 5.41) is -0.172. The molecule has 0 aliphatic heterocycles. The molecular formula is C9H11NO2Si. The van der Waals surface area contributed by atoms with Crippen LogP contribution in [-0.2, 0) is 4.79 Å². The van der Waals surface area contributed by atoms with Crippen LogP contribution < -0.4 is 5.73 Å². The molecular weight excluding hydrogens is 182 g/mol. The third kappa shape index (κ3) is 2.33. The molecule has 4 heteroatoms. The van der Waals surface area contributed by atoms with Gasteiger partial charge < -0.3 is 10.5 Å². The number of Topliss-reactive ketones (excluding diaryl/α,β-unsaturated/α-hetero) is 1. The van der Waals surface area contributed by atoms with E-state index in [-0.39, 0.29) is 11.2 Å². The van der Waals surface area contributed by atoms with E-state index in [1.165, 1.54) is 0 Å². The maximum Gasteiger partial charge on any atom is 0.186 e. The lowest BCUT2D eigenvalue weighted by molar-refractivity contribution is -0.112. The van der Waals surface area contributed by atoms with Gasteiger partial charge in [-0.2, -0.15) is 0 Å². The van der Waals surface area contributed by atoms with Crippen LogP contribution in [0.5, 0.6) is 0 Å². The van der Waals surface area contributed by atoms with Crippen molar-refractivity contribution in [2.75, 3.05) is 0 Å². The van der Waals surface area contributed by atoms with Crippen molar-refractivity contribution in [3.05, 3.63) is 35.9 Å². The Morgan fingerprint density at radius 3 is 2.23 bits per heavy atom. The Labute approximate surface area is 79.4 Å². The number of ketones is 1. The Kier molecular flexibility index (Phi) is 3.11. The summed E-state index contributed by atoms with van der Waals surface area (Å²) in [5.41, 5.74) is 5.93. The van der Waals surface area contributed by atoms with Gasteiger partial charge in [-0.1, -0.05) is 30.3 Å². The van der Waals surface area contributed by atoms with Crippen molar-refractivity contribution in [3.8, 4) is 0 Å². The van der Waals surface area contributed by atoms with Crippen LogP contribution >= 0.6 is 0 Å². The Morgan fingerprint density at radius 1 is 1.23 bits per heavy atom. The number of rotatable bonds is 3. The molecule has 1 unspecified atom stereocenters. The summed E-state index contributed by atoms with van der Waals surface area (Å²) in [4.78, 5) is 22.3. The first-order valence-electron chi connectivity index (χ1n) is 3.98. The van der Waals surface area contributed by atoms with Gasteiger partial charge in [0.25, 0.3) is 0 Å². The van der Waals surface area contributed by atoms with E-state index >= 15 is 0 Å². The average Bonchev–Trinajstić information content (AvgIpc) is 2.17. The molecule has 68 valence electrons. The van der Waals surface area contributed by atoms with Crippen LogP contribution in [-0.4, -0.2) is 27.5 Å². The molecule has 1 aromatic carbocycles. The summed E-state index contributed by atoms with van der Waals surface area (Å²) in [7, 11) is 0.317. The predicted molar refractivity (Wildman–Crippen MR) is 53.7 cm³/mol. The molecule has 0 aromatic heterocycles. The smallest absolute Gasteiger partial charge is 0.186 e. The second-order valence-corrected chi connectivity index (χ2v) is 3.80. The van der Waals surface area contributed by atoms with Crippen molar-refractivity contribution in [2.24, 2.45) is 5.73 Å². The molecule has 0 aliphatic carbocycles. The zero-order valence-electron chi connectivity index (χ0n) is 7.36. The third-order valence-corrected chi connectivity index (χ3v) is 2.40. The van der Waals surface area contributed by atoms with E-state index in [1.807, 2.05) is 6.07 Å². The molecule has 0 spiro atoms. The van der Waals surface area contributed by atoms with Crippen molar-refractivity contribution in [3.63, 3.8) is 0 Å². The van der Waals surface area contributed by atoms with Gasteiger partial charge in [0.1, 0.15) is 11.4 Å². The van der Waals surface area contributed by atoms with Crippen LogP contribution in [0, 0.1) is 0 Å². The van der Waals surface area contributed by atoms with Crippen molar-refractivity contribution < 1.29 is 9.59 Å². The monoisotopic (exact) mass is 193 g/mol. The van der Waals surface area contributed by atoms with Crippen molar-refractivity contribution in [2.45, 2.75) is 6.04 Å². The van der Waals surface area contributed by atoms with Gasteiger partial charge in [-0.25, -0.2) is 0 Å². The van der Waals surface area contributed by atoms with E-state index in [4.69, 9.17) is 5.73 Å². The molecule has 0 saturated heterocycles. The van der Waals surface area contributed by atoms with Gasteiger partial charge in [-0.15, -0.1) is 0 Å². The summed E-state index contributed by atoms with van der Waals surface area (Å²) in [5.74, 6) is -0.291. The largest absolute Gasteiger partial charge is 0.315 e. The number of hydrogen-bond acceptors (Lipinski definition) is 3. The summed E-state index contributed by atoms with van der Waals surface area (Å²) in [6, 6.07) is 7.66. The minimum atomic E-state index is -0.964. The highest BCUT2D eigenvalue weighted by Gasteiger charge is 2.18. The van der Waals surface area contributed by atoms with Gasteiger partial charge in [0.2, 0.25) is 0 Å². The molecule has 13 heavy (non-hydrogen) atoms. The van der Waals surface area contributed by atoms with Crippen LogP contribution in [0.3, 0.4) is 0 Å². The molecule has 1 aromatic rings. The Hall–Kier alpha value is -1.26. The highest BCUT2D eigenvalue weighted by atomic mass is 28.1. The highest BCUT2D eigenvalue weighted by molar-refractivity contribution is 6.61. The third-order valence-electron chi connectivity index (χ3n) is 1.78. The second-order valence-electron chi connectivity index (χ2n) is 2.82. The number of carbonyl (C=O) groups excluding carboxylic acids is 2. The lowest BCUT2D eigenvalue weighted by Gasteiger charge is -2.05. The van der Waals surface area contributed by atoms with E-state index in [0.29, 0.717) is 15.8 Å². The van der Waals surface area contributed by atoms with Gasteiger partial charge >= 0.3 is 0 Å². The standard InChI is InChI=1S/C9H11NO2Si/c10-7(9(12)13)8(11)6-4-2-1-3-5-6/h1-5,7H,10H2,13H3. The number of nitrogens with two attached hydrogens (primary N) is 1. The molecule has 2 N–H and O–H groups in total. The SMILES string of the molecule is NC(C(=O)[SiH3])C(=O)c1ccccc1. The molecule has 0 saturated carbocycles. The van der Waals surface area contributed by atoms with E-state index in [2.05, 4.69) is 0 Å². The maximum absolute atomic E-state index is 11.5. The van der Waals surface area contributed by atoms with E-state index in [1.54, 1.807) is 24.3 Å². The molecule has 0 fully saturated rings. The van der Waals surface area contributed by atoms with Crippen LogP contribution in [0.4, 0.5) is 0 Å². The second kappa shape index (κ2) is 4.11. The molecule has 0 aliphatic rings. The lowest BCUT2D eigenvalue weighted by atomic mass is 10.1. The Morgan fingerprint density at radius 2 is 1.77 bits per heavy atom. The van der Waals surface area contributed by atoms with Gasteiger partial charge in [-0.3, -0.25) is 4.79 Å². The number of carbonyl (C=O) groups is 2. The Bertz CT molecular complexity index is 324. The normalized spacial score (nSPS) is 12.4. The summed E-state index contributed by atoms with van der Waals surface area (Å²) >= 11 is 0. The lowest BCUT2D eigenvalue weighted by Crippen LogP contribution is -2.38. The minimum absolute atomic E-state index is 0.172. The Balaban J connectivity index is 2.86. The van der Waals surface area contributed by atoms with Crippen LogP contribution in [0.15, 0.2) is 30.3 Å². The number of hydrogen-bond donors (Lipinski definition) is 1. The first kappa shape index (κ1) is 9.82. The van der Waals surface area contributed by atoms with E-state index in [0.717, 1.165) is 0 Å². The highest BCUT2D eigenvalue weighted by Crippen LogP contribution is 2.01. The van der Waals surface area contributed by atoms with Gasteiger partial charge in [0.15, 0.2) is 5.78 Å². The first-order valence-corrected chi connectivity index (χ1v) is 4.98. The van der Waals surface area contributed by atoms with Gasteiger partial charge in [0.05, 0.1) is 10.2 Å². The number of benzene rings is 1. The van der Waals surface area contributed by atoms with Crippen molar-refractivity contribution in [1.29, 1.82) is 0 Å². The van der Waals surface area contributed by atoms with Crippen molar-refractivity contribution >= 4 is 21.4 Å².